The van der Waals surface area contributed by atoms with Crippen LogP contribution >= 0.6 is 0 Å². The van der Waals surface area contributed by atoms with Gasteiger partial charge in [0.2, 0.25) is 6.43 Å². The van der Waals surface area contributed by atoms with Crippen LogP contribution in [0.25, 0.3) is 0 Å². The molecule has 1 saturated heterocycles. The van der Waals surface area contributed by atoms with Gasteiger partial charge in [-0.15, -0.1) is 0 Å². The molecule has 1 N–H and O–H groups in total. The number of hydrogen-bond acceptors (Lipinski definition) is 1. The summed E-state index contributed by atoms with van der Waals surface area (Å²) in [7, 11) is 0. The first-order chi connectivity index (χ1) is 5.30. The summed E-state index contributed by atoms with van der Waals surface area (Å²) in [6.45, 7) is 5.64. The fourth-order valence-corrected chi connectivity index (χ4v) is 1.84. The van der Waals surface area contributed by atoms with E-state index in [1.54, 1.807) is 0 Å². The van der Waals surface area contributed by atoms with E-state index in [-0.39, 0.29) is 5.92 Å². The van der Waals surface area contributed by atoms with E-state index < -0.39 is 6.43 Å². The number of halogens is 2. The van der Waals surface area contributed by atoms with Gasteiger partial charge < -0.3 is 5.32 Å². The smallest absolute Gasteiger partial charge is 0.242 e. The zero-order valence-electron chi connectivity index (χ0n) is 6.98. The minimum Gasteiger partial charge on any atom is -0.316 e. The molecule has 2 fully saturated rings. The van der Waals surface area contributed by atoms with Gasteiger partial charge in [-0.3, -0.25) is 0 Å². The van der Waals surface area contributed by atoms with Crippen LogP contribution in [0.2, 0.25) is 0 Å². The van der Waals surface area contributed by atoms with Crippen LogP contribution in [0.5, 0.6) is 0 Å². The molecular weight excluding hydrogens is 148 g/mol. The summed E-state index contributed by atoms with van der Waals surface area (Å²) < 4.78 is 23.8. The largest absolute Gasteiger partial charge is 0.316 e. The summed E-state index contributed by atoms with van der Waals surface area (Å²) in [5.74, 6) is 0.362. The fraction of sp³-hybridized carbons (Fsp3) is 1.00. The van der Waals surface area contributed by atoms with Crippen LogP contribution in [0, 0.1) is 17.8 Å². The maximum absolute atomic E-state index is 11.9. The summed E-state index contributed by atoms with van der Waals surface area (Å²) >= 11 is 0. The summed E-state index contributed by atoms with van der Waals surface area (Å²) in [6, 6.07) is 0. The number of piperidine rings is 1. The Labute approximate surface area is 66.2 Å². The van der Waals surface area contributed by atoms with Crippen molar-refractivity contribution in [2.75, 3.05) is 13.1 Å². The van der Waals surface area contributed by atoms with Crippen LogP contribution in [0.3, 0.4) is 0 Å². The number of hydrogen-bond donors (Lipinski definition) is 1. The van der Waals surface area contributed by atoms with Crippen molar-refractivity contribution in [2.45, 2.75) is 20.3 Å². The fourth-order valence-electron chi connectivity index (χ4n) is 1.84. The van der Waals surface area contributed by atoms with Gasteiger partial charge in [-0.05, 0) is 24.9 Å². The van der Waals surface area contributed by atoms with Crippen LogP contribution in [-0.2, 0) is 0 Å². The highest BCUT2D eigenvalue weighted by atomic mass is 19.3. The molecule has 0 spiro atoms. The Bertz CT molecular complexity index is 117. The van der Waals surface area contributed by atoms with E-state index in [2.05, 4.69) is 5.32 Å². The molecule has 3 atom stereocenters. The van der Waals surface area contributed by atoms with E-state index in [9.17, 15) is 8.78 Å². The van der Waals surface area contributed by atoms with Crippen LogP contribution < -0.4 is 5.32 Å². The van der Waals surface area contributed by atoms with Crippen LogP contribution in [0.4, 0.5) is 8.78 Å². The maximum atomic E-state index is 11.9. The van der Waals surface area contributed by atoms with Crippen molar-refractivity contribution >= 4 is 0 Å². The number of fused-ring (bicyclic) bond motifs is 1. The van der Waals surface area contributed by atoms with E-state index in [0.717, 1.165) is 13.1 Å². The molecule has 1 nitrogen and oxygen atoms in total. The molecule has 1 aliphatic heterocycles. The van der Waals surface area contributed by atoms with Gasteiger partial charge in [0, 0.05) is 5.92 Å². The van der Waals surface area contributed by atoms with Gasteiger partial charge in [0.05, 0.1) is 0 Å². The SMILES string of the molecule is CC.FC(F)C1[C@H]2CNC[C@@H]12. The van der Waals surface area contributed by atoms with Gasteiger partial charge in [0.1, 0.15) is 0 Å². The molecule has 0 aromatic heterocycles. The molecule has 0 amide bonds. The number of rotatable bonds is 1. The molecule has 1 saturated carbocycles. The third-order valence-electron chi connectivity index (χ3n) is 2.45. The Morgan fingerprint density at radius 2 is 1.64 bits per heavy atom. The minimum atomic E-state index is -2.07. The first-order valence-electron chi connectivity index (χ1n) is 4.29. The van der Waals surface area contributed by atoms with E-state index in [4.69, 9.17) is 0 Å². The van der Waals surface area contributed by atoms with Crippen LogP contribution in [0.15, 0.2) is 0 Å². The van der Waals surface area contributed by atoms with Crippen LogP contribution in [-0.4, -0.2) is 19.5 Å². The molecule has 1 aliphatic carbocycles. The number of nitrogens with one attached hydrogen (secondary N) is 1. The predicted octanol–water partition coefficient (Wildman–Crippen LogP) is 1.74. The molecule has 11 heavy (non-hydrogen) atoms. The zero-order valence-corrected chi connectivity index (χ0v) is 6.98. The highest BCUT2D eigenvalue weighted by Crippen LogP contribution is 2.51. The van der Waals surface area contributed by atoms with E-state index in [0.29, 0.717) is 11.8 Å². The Morgan fingerprint density at radius 3 is 1.91 bits per heavy atom. The average Bonchev–Trinajstić information content (AvgIpc) is 2.52. The molecule has 0 radical (unpaired) electrons. The summed E-state index contributed by atoms with van der Waals surface area (Å²) in [6.07, 6.45) is -2.07. The molecule has 3 heteroatoms. The van der Waals surface area contributed by atoms with Crippen LogP contribution in [0.1, 0.15) is 13.8 Å². The van der Waals surface area contributed by atoms with Crippen molar-refractivity contribution in [3.63, 3.8) is 0 Å². The third-order valence-corrected chi connectivity index (χ3v) is 2.45. The van der Waals surface area contributed by atoms with Crippen molar-refractivity contribution in [3.8, 4) is 0 Å². The van der Waals surface area contributed by atoms with Gasteiger partial charge in [-0.1, -0.05) is 13.8 Å². The lowest BCUT2D eigenvalue weighted by Crippen LogP contribution is -2.17. The molecule has 2 aliphatic rings. The van der Waals surface area contributed by atoms with Gasteiger partial charge in [-0.2, -0.15) is 0 Å². The lowest BCUT2D eigenvalue weighted by Gasteiger charge is -2.00. The standard InChI is InChI=1S/C6H9F2N.C2H6/c7-6(8)5-3-1-9-2-4(3)5;1-2/h3-6,9H,1-2H2;1-2H3/t3-,4+,5?;. The van der Waals surface area contributed by atoms with Crippen molar-refractivity contribution in [2.24, 2.45) is 17.8 Å². The Morgan fingerprint density at radius 1 is 1.18 bits per heavy atom. The van der Waals surface area contributed by atoms with Crippen molar-refractivity contribution in [1.29, 1.82) is 0 Å². The zero-order chi connectivity index (χ0) is 8.43. The highest BCUT2D eigenvalue weighted by Gasteiger charge is 2.57. The second kappa shape index (κ2) is 3.48. The van der Waals surface area contributed by atoms with Gasteiger partial charge >= 0.3 is 0 Å². The Hall–Kier alpha value is -0.180. The summed E-state index contributed by atoms with van der Waals surface area (Å²) in [5.41, 5.74) is 0. The second-order valence-electron chi connectivity index (χ2n) is 2.90. The van der Waals surface area contributed by atoms with Gasteiger partial charge in [0.25, 0.3) is 0 Å². The molecule has 66 valence electrons. The van der Waals surface area contributed by atoms with E-state index in [1.165, 1.54) is 0 Å². The van der Waals surface area contributed by atoms with Crippen molar-refractivity contribution < 1.29 is 8.78 Å². The lowest BCUT2D eigenvalue weighted by molar-refractivity contribution is 0.108. The Balaban J connectivity index is 0.000000281. The molecule has 0 aromatic carbocycles. The molecule has 0 bridgehead atoms. The average molecular weight is 163 g/mol. The Kier molecular flexibility index (Phi) is 2.82. The first-order valence-corrected chi connectivity index (χ1v) is 4.29. The predicted molar refractivity (Wildman–Crippen MR) is 40.7 cm³/mol. The summed E-state index contributed by atoms with van der Waals surface area (Å²) in [4.78, 5) is 0. The molecule has 1 heterocycles. The highest BCUT2D eigenvalue weighted by molar-refractivity contribution is 5.04. The second-order valence-corrected chi connectivity index (χ2v) is 2.90. The normalized spacial score (nSPS) is 39.5. The molecule has 2 rings (SSSR count). The molecular formula is C8H15F2N. The first kappa shape index (κ1) is 8.91. The van der Waals surface area contributed by atoms with E-state index in [1.807, 2.05) is 13.8 Å². The molecule has 0 aromatic rings. The lowest BCUT2D eigenvalue weighted by atomic mass is 10.3. The van der Waals surface area contributed by atoms with Gasteiger partial charge in [-0.25, -0.2) is 8.78 Å². The third kappa shape index (κ3) is 1.53. The minimum absolute atomic E-state index is 0.258. The van der Waals surface area contributed by atoms with E-state index >= 15 is 0 Å². The quantitative estimate of drug-likeness (QED) is 0.621. The number of alkyl halides is 2. The maximum Gasteiger partial charge on any atom is 0.242 e. The topological polar surface area (TPSA) is 12.0 Å². The van der Waals surface area contributed by atoms with Crippen molar-refractivity contribution in [3.05, 3.63) is 0 Å². The van der Waals surface area contributed by atoms with Crippen molar-refractivity contribution in [1.82, 2.24) is 5.32 Å². The summed E-state index contributed by atoms with van der Waals surface area (Å²) in [5, 5.41) is 3.07. The van der Waals surface area contributed by atoms with Gasteiger partial charge in [0.15, 0.2) is 0 Å². The molecule has 1 unspecified atom stereocenters. The monoisotopic (exact) mass is 163 g/mol.